The zero-order chi connectivity index (χ0) is 12.6. The van der Waals surface area contributed by atoms with Crippen LogP contribution >= 0.6 is 0 Å². The summed E-state index contributed by atoms with van der Waals surface area (Å²) in [6.07, 6.45) is 1.33. The molecule has 0 aliphatic heterocycles. The number of aryl methyl sites for hydroxylation is 1. The molecule has 0 saturated heterocycles. The summed E-state index contributed by atoms with van der Waals surface area (Å²) in [5, 5.41) is 0. The number of fused-ring (bicyclic) bond motifs is 1. The summed E-state index contributed by atoms with van der Waals surface area (Å²) in [4.78, 5) is 23.4. The van der Waals surface area contributed by atoms with Gasteiger partial charge in [-0.25, -0.2) is 4.79 Å². The number of carbonyl (C=O) groups is 2. The second-order valence-corrected chi connectivity index (χ2v) is 5.30. The standard InChI is InChI=1S/C14H16O3/c1-14(2,3)17-13(16)10-5-4-9-6-7-12(15)11(9)8-10/h4-5,8H,6-7H2,1-3H3. The van der Waals surface area contributed by atoms with E-state index in [-0.39, 0.29) is 11.8 Å². The fourth-order valence-corrected chi connectivity index (χ4v) is 1.90. The van der Waals surface area contributed by atoms with Gasteiger partial charge in [0.1, 0.15) is 5.60 Å². The van der Waals surface area contributed by atoms with Crippen LogP contribution in [0.15, 0.2) is 18.2 Å². The van der Waals surface area contributed by atoms with Crippen LogP contribution < -0.4 is 0 Å². The molecule has 0 saturated carbocycles. The van der Waals surface area contributed by atoms with Gasteiger partial charge in [-0.05, 0) is 44.9 Å². The minimum absolute atomic E-state index is 0.116. The number of Topliss-reactive ketones (excluding diaryl/α,β-unsaturated/α-hetero) is 1. The maximum absolute atomic E-state index is 11.8. The first-order valence-corrected chi connectivity index (χ1v) is 5.76. The molecule has 17 heavy (non-hydrogen) atoms. The first-order valence-electron chi connectivity index (χ1n) is 5.76. The number of carbonyl (C=O) groups excluding carboxylic acids is 2. The molecule has 90 valence electrons. The fourth-order valence-electron chi connectivity index (χ4n) is 1.90. The van der Waals surface area contributed by atoms with Crippen molar-refractivity contribution in [3.05, 3.63) is 34.9 Å². The van der Waals surface area contributed by atoms with Crippen LogP contribution in [-0.4, -0.2) is 17.4 Å². The number of ketones is 1. The van der Waals surface area contributed by atoms with Gasteiger partial charge in [-0.15, -0.1) is 0 Å². The Morgan fingerprint density at radius 1 is 1.24 bits per heavy atom. The molecule has 1 aliphatic carbocycles. The fraction of sp³-hybridized carbons (Fsp3) is 0.429. The summed E-state index contributed by atoms with van der Waals surface area (Å²) >= 11 is 0. The molecule has 0 unspecified atom stereocenters. The normalized spacial score (nSPS) is 14.6. The Morgan fingerprint density at radius 3 is 2.59 bits per heavy atom. The highest BCUT2D eigenvalue weighted by atomic mass is 16.6. The maximum Gasteiger partial charge on any atom is 0.338 e. The van der Waals surface area contributed by atoms with Crippen LogP contribution in [-0.2, 0) is 11.2 Å². The van der Waals surface area contributed by atoms with Gasteiger partial charge in [0, 0.05) is 12.0 Å². The van der Waals surface area contributed by atoms with Crippen molar-refractivity contribution < 1.29 is 14.3 Å². The lowest BCUT2D eigenvalue weighted by Gasteiger charge is -2.19. The summed E-state index contributed by atoms with van der Waals surface area (Å²) < 4.78 is 5.27. The lowest BCUT2D eigenvalue weighted by molar-refractivity contribution is 0.00695. The summed E-state index contributed by atoms with van der Waals surface area (Å²) in [6.45, 7) is 5.47. The predicted molar refractivity (Wildman–Crippen MR) is 64.3 cm³/mol. The molecule has 0 bridgehead atoms. The monoisotopic (exact) mass is 232 g/mol. The molecule has 0 fully saturated rings. The predicted octanol–water partition coefficient (Wildman–Crippen LogP) is 2.77. The highest BCUT2D eigenvalue weighted by molar-refractivity contribution is 6.02. The third kappa shape index (κ3) is 2.54. The number of esters is 1. The Morgan fingerprint density at radius 2 is 1.94 bits per heavy atom. The summed E-state index contributed by atoms with van der Waals surface area (Å²) in [5.74, 6) is -0.259. The Labute approximate surface area is 101 Å². The van der Waals surface area contributed by atoms with E-state index in [4.69, 9.17) is 4.74 Å². The van der Waals surface area contributed by atoms with Gasteiger partial charge in [-0.2, -0.15) is 0 Å². The molecule has 0 atom stereocenters. The van der Waals surface area contributed by atoms with E-state index in [9.17, 15) is 9.59 Å². The number of ether oxygens (including phenoxy) is 1. The molecule has 0 N–H and O–H groups in total. The smallest absolute Gasteiger partial charge is 0.338 e. The first kappa shape index (κ1) is 11.8. The van der Waals surface area contributed by atoms with Crippen LogP contribution in [0.3, 0.4) is 0 Å². The number of hydrogen-bond acceptors (Lipinski definition) is 3. The van der Waals surface area contributed by atoms with Gasteiger partial charge < -0.3 is 4.74 Å². The van der Waals surface area contributed by atoms with Crippen molar-refractivity contribution in [1.29, 1.82) is 0 Å². The van der Waals surface area contributed by atoms with Crippen molar-refractivity contribution in [2.45, 2.75) is 39.2 Å². The minimum atomic E-state index is -0.514. The summed E-state index contributed by atoms with van der Waals surface area (Å²) in [5.41, 5.74) is 1.64. The quantitative estimate of drug-likeness (QED) is 0.699. The molecule has 0 radical (unpaired) electrons. The van der Waals surface area contributed by atoms with Crippen molar-refractivity contribution in [3.63, 3.8) is 0 Å². The highest BCUT2D eigenvalue weighted by Gasteiger charge is 2.23. The molecule has 1 aromatic rings. The Balaban J connectivity index is 2.26. The zero-order valence-electron chi connectivity index (χ0n) is 10.4. The van der Waals surface area contributed by atoms with Crippen molar-refractivity contribution in [2.75, 3.05) is 0 Å². The number of benzene rings is 1. The number of rotatable bonds is 1. The third-order valence-electron chi connectivity index (χ3n) is 2.67. The van der Waals surface area contributed by atoms with Crippen molar-refractivity contribution in [3.8, 4) is 0 Å². The maximum atomic E-state index is 11.8. The SMILES string of the molecule is CC(C)(C)OC(=O)c1ccc2c(c1)C(=O)CC2. The zero-order valence-corrected chi connectivity index (χ0v) is 10.4. The average Bonchev–Trinajstić information content (AvgIpc) is 2.57. The molecule has 3 heteroatoms. The average molecular weight is 232 g/mol. The van der Waals surface area contributed by atoms with Crippen molar-refractivity contribution >= 4 is 11.8 Å². The van der Waals surface area contributed by atoms with E-state index in [2.05, 4.69) is 0 Å². The van der Waals surface area contributed by atoms with E-state index in [0.717, 1.165) is 12.0 Å². The topological polar surface area (TPSA) is 43.4 Å². The van der Waals surface area contributed by atoms with Crippen molar-refractivity contribution in [1.82, 2.24) is 0 Å². The van der Waals surface area contributed by atoms with Gasteiger partial charge in [0.25, 0.3) is 0 Å². The summed E-state index contributed by atoms with van der Waals surface area (Å²) in [7, 11) is 0. The molecule has 2 rings (SSSR count). The highest BCUT2D eigenvalue weighted by Crippen LogP contribution is 2.24. The van der Waals surface area contributed by atoms with Crippen LogP contribution in [0, 0.1) is 0 Å². The minimum Gasteiger partial charge on any atom is -0.456 e. The second-order valence-electron chi connectivity index (χ2n) is 5.30. The van der Waals surface area contributed by atoms with Crippen molar-refractivity contribution in [2.24, 2.45) is 0 Å². The lowest BCUT2D eigenvalue weighted by Crippen LogP contribution is -2.24. The van der Waals surface area contributed by atoms with Gasteiger partial charge in [-0.1, -0.05) is 6.07 Å². The Bertz CT molecular complexity index is 481. The van der Waals surface area contributed by atoms with Crippen LogP contribution in [0.4, 0.5) is 0 Å². The third-order valence-corrected chi connectivity index (χ3v) is 2.67. The van der Waals surface area contributed by atoms with E-state index in [1.54, 1.807) is 12.1 Å². The Hall–Kier alpha value is -1.64. The molecule has 1 aliphatic rings. The molecule has 0 aromatic heterocycles. The van der Waals surface area contributed by atoms with Crippen LogP contribution in [0.25, 0.3) is 0 Å². The molecule has 0 heterocycles. The lowest BCUT2D eigenvalue weighted by atomic mass is 10.1. The van der Waals surface area contributed by atoms with Gasteiger partial charge >= 0.3 is 5.97 Å². The van der Waals surface area contributed by atoms with E-state index < -0.39 is 5.60 Å². The molecule has 0 spiro atoms. The Kier molecular flexibility index (Phi) is 2.77. The van der Waals surface area contributed by atoms with E-state index >= 15 is 0 Å². The molecule has 1 aromatic carbocycles. The second kappa shape index (κ2) is 3.99. The van der Waals surface area contributed by atoms with Gasteiger partial charge in [0.2, 0.25) is 0 Å². The van der Waals surface area contributed by atoms with E-state index in [1.165, 1.54) is 0 Å². The summed E-state index contributed by atoms with van der Waals surface area (Å²) in [6, 6.07) is 5.23. The molecule has 3 nitrogen and oxygen atoms in total. The van der Waals surface area contributed by atoms with Gasteiger partial charge in [0.05, 0.1) is 5.56 Å². The van der Waals surface area contributed by atoms with E-state index in [0.29, 0.717) is 17.5 Å². The number of hydrogen-bond donors (Lipinski definition) is 0. The molecular weight excluding hydrogens is 216 g/mol. The van der Waals surface area contributed by atoms with Crippen LogP contribution in [0.1, 0.15) is 53.5 Å². The van der Waals surface area contributed by atoms with Crippen LogP contribution in [0.2, 0.25) is 0 Å². The van der Waals surface area contributed by atoms with E-state index in [1.807, 2.05) is 26.8 Å². The van der Waals surface area contributed by atoms with Gasteiger partial charge in [-0.3, -0.25) is 4.79 Å². The molecular formula is C14H16O3. The van der Waals surface area contributed by atoms with Crippen LogP contribution in [0.5, 0.6) is 0 Å². The van der Waals surface area contributed by atoms with Gasteiger partial charge in [0.15, 0.2) is 5.78 Å². The first-order chi connectivity index (χ1) is 7.87. The molecule has 0 amide bonds. The largest absolute Gasteiger partial charge is 0.456 e.